The molecule has 1 heterocycles. The normalized spacial score (nSPS) is 27.0. The highest BCUT2D eigenvalue weighted by Crippen LogP contribution is 2.51. The smallest absolute Gasteiger partial charge is 0.0484 e. The van der Waals surface area contributed by atoms with E-state index in [1.807, 2.05) is 0 Å². The average Bonchev–Trinajstić information content (AvgIpc) is 3.00. The van der Waals surface area contributed by atoms with Gasteiger partial charge in [-0.1, -0.05) is 13.8 Å². The van der Waals surface area contributed by atoms with Crippen LogP contribution in [0.25, 0.3) is 0 Å². The molecule has 0 aromatic carbocycles. The van der Waals surface area contributed by atoms with Crippen molar-refractivity contribution < 1.29 is 4.74 Å². The first kappa shape index (κ1) is 12.3. The lowest BCUT2D eigenvalue weighted by molar-refractivity contribution is 0.0525. The maximum atomic E-state index is 6.34. The Morgan fingerprint density at radius 1 is 1.12 bits per heavy atom. The van der Waals surface area contributed by atoms with Crippen molar-refractivity contribution in [2.75, 3.05) is 26.3 Å². The van der Waals surface area contributed by atoms with Crippen LogP contribution >= 0.6 is 0 Å². The molecule has 0 aromatic rings. The van der Waals surface area contributed by atoms with Crippen LogP contribution in [0.5, 0.6) is 0 Å². The lowest BCUT2D eigenvalue weighted by Crippen LogP contribution is -2.53. The molecular weight excluding hydrogens is 200 g/mol. The van der Waals surface area contributed by atoms with Gasteiger partial charge < -0.3 is 15.8 Å². The van der Waals surface area contributed by atoms with Gasteiger partial charge in [-0.15, -0.1) is 0 Å². The van der Waals surface area contributed by atoms with Gasteiger partial charge in [-0.25, -0.2) is 0 Å². The topological polar surface area (TPSA) is 47.3 Å². The van der Waals surface area contributed by atoms with Gasteiger partial charge in [0.15, 0.2) is 0 Å². The van der Waals surface area contributed by atoms with E-state index in [0.29, 0.717) is 5.41 Å². The van der Waals surface area contributed by atoms with Crippen LogP contribution in [0, 0.1) is 11.3 Å². The molecule has 0 unspecified atom stereocenters. The highest BCUT2D eigenvalue weighted by Gasteiger charge is 2.45. The van der Waals surface area contributed by atoms with Crippen LogP contribution in [0.15, 0.2) is 0 Å². The predicted octanol–water partition coefficient (Wildman–Crippen LogP) is 1.52. The fraction of sp³-hybridized carbons (Fsp3) is 1.00. The Kier molecular flexibility index (Phi) is 3.57. The molecule has 1 aliphatic carbocycles. The monoisotopic (exact) mass is 226 g/mol. The third kappa shape index (κ3) is 2.76. The molecule has 1 aliphatic heterocycles. The van der Waals surface area contributed by atoms with E-state index in [1.54, 1.807) is 0 Å². The van der Waals surface area contributed by atoms with Crippen molar-refractivity contribution in [1.29, 1.82) is 0 Å². The quantitative estimate of drug-likeness (QED) is 0.747. The highest BCUT2D eigenvalue weighted by molar-refractivity contribution is 4.98. The Morgan fingerprint density at radius 3 is 2.25 bits per heavy atom. The van der Waals surface area contributed by atoms with E-state index in [1.165, 1.54) is 12.8 Å². The third-order valence-electron chi connectivity index (χ3n) is 4.56. The summed E-state index contributed by atoms with van der Waals surface area (Å²) in [5.41, 5.74) is 6.90. The van der Waals surface area contributed by atoms with Gasteiger partial charge >= 0.3 is 0 Å². The standard InChI is InChI=1S/C13H26N2O/c1-11(2)12(3-4-12)9-15-10-13(14)5-7-16-8-6-13/h11,15H,3-10,14H2,1-2H3. The Balaban J connectivity index is 1.71. The van der Waals surface area contributed by atoms with Crippen LogP contribution in [0.4, 0.5) is 0 Å². The summed E-state index contributed by atoms with van der Waals surface area (Å²) < 4.78 is 5.35. The molecule has 3 heteroatoms. The second-order valence-electron chi connectivity index (χ2n) is 6.10. The first-order valence-corrected chi connectivity index (χ1v) is 6.64. The molecule has 1 saturated carbocycles. The number of hydrogen-bond acceptors (Lipinski definition) is 3. The third-order valence-corrected chi connectivity index (χ3v) is 4.56. The Morgan fingerprint density at radius 2 is 1.75 bits per heavy atom. The molecule has 1 saturated heterocycles. The van der Waals surface area contributed by atoms with Crippen molar-refractivity contribution in [3.05, 3.63) is 0 Å². The molecule has 0 spiro atoms. The van der Waals surface area contributed by atoms with Crippen molar-refractivity contribution in [3.8, 4) is 0 Å². The van der Waals surface area contributed by atoms with E-state index in [-0.39, 0.29) is 5.54 Å². The van der Waals surface area contributed by atoms with Crippen molar-refractivity contribution in [2.24, 2.45) is 17.1 Å². The summed E-state index contributed by atoms with van der Waals surface area (Å²) in [5.74, 6) is 0.795. The lowest BCUT2D eigenvalue weighted by Gasteiger charge is -2.34. The van der Waals surface area contributed by atoms with Gasteiger partial charge in [0.05, 0.1) is 0 Å². The van der Waals surface area contributed by atoms with Crippen molar-refractivity contribution in [1.82, 2.24) is 5.32 Å². The molecule has 3 nitrogen and oxygen atoms in total. The van der Waals surface area contributed by atoms with Gasteiger partial charge in [-0.2, -0.15) is 0 Å². The summed E-state index contributed by atoms with van der Waals surface area (Å²) in [7, 11) is 0. The Bertz CT molecular complexity index is 230. The van der Waals surface area contributed by atoms with Crippen LogP contribution in [-0.4, -0.2) is 31.8 Å². The predicted molar refractivity (Wildman–Crippen MR) is 66.3 cm³/mol. The molecule has 2 rings (SSSR count). The van der Waals surface area contributed by atoms with Gasteiger partial charge in [0.25, 0.3) is 0 Å². The molecular formula is C13H26N2O. The van der Waals surface area contributed by atoms with Crippen LogP contribution in [0.2, 0.25) is 0 Å². The average molecular weight is 226 g/mol. The second kappa shape index (κ2) is 4.63. The summed E-state index contributed by atoms with van der Waals surface area (Å²) in [6.07, 6.45) is 4.76. The molecule has 0 radical (unpaired) electrons. The van der Waals surface area contributed by atoms with Crippen molar-refractivity contribution in [3.63, 3.8) is 0 Å². The summed E-state index contributed by atoms with van der Waals surface area (Å²) in [4.78, 5) is 0. The van der Waals surface area contributed by atoms with E-state index >= 15 is 0 Å². The van der Waals surface area contributed by atoms with E-state index in [9.17, 15) is 0 Å². The van der Waals surface area contributed by atoms with Crippen LogP contribution in [-0.2, 0) is 4.74 Å². The number of ether oxygens (including phenoxy) is 1. The van der Waals surface area contributed by atoms with Gasteiger partial charge in [0, 0.05) is 31.8 Å². The summed E-state index contributed by atoms with van der Waals surface area (Å²) in [6, 6.07) is 0. The zero-order chi connectivity index (χ0) is 11.6. The fourth-order valence-electron chi connectivity index (χ4n) is 2.63. The molecule has 2 fully saturated rings. The van der Waals surface area contributed by atoms with Gasteiger partial charge in [0.1, 0.15) is 0 Å². The minimum atomic E-state index is -0.0225. The van der Waals surface area contributed by atoms with Gasteiger partial charge in [-0.05, 0) is 37.0 Å². The fourth-order valence-corrected chi connectivity index (χ4v) is 2.63. The molecule has 0 amide bonds. The van der Waals surface area contributed by atoms with Crippen molar-refractivity contribution in [2.45, 2.75) is 45.1 Å². The highest BCUT2D eigenvalue weighted by atomic mass is 16.5. The zero-order valence-electron chi connectivity index (χ0n) is 10.7. The molecule has 0 bridgehead atoms. The molecule has 3 N–H and O–H groups in total. The number of rotatable bonds is 5. The lowest BCUT2D eigenvalue weighted by atomic mass is 9.89. The largest absolute Gasteiger partial charge is 0.381 e. The van der Waals surface area contributed by atoms with Crippen molar-refractivity contribution >= 4 is 0 Å². The van der Waals surface area contributed by atoms with Gasteiger partial charge in [-0.3, -0.25) is 0 Å². The number of nitrogens with two attached hydrogens (primary N) is 1. The van der Waals surface area contributed by atoms with E-state index in [4.69, 9.17) is 10.5 Å². The van der Waals surface area contributed by atoms with E-state index in [0.717, 1.165) is 45.1 Å². The van der Waals surface area contributed by atoms with Crippen LogP contribution in [0.3, 0.4) is 0 Å². The first-order chi connectivity index (χ1) is 7.56. The van der Waals surface area contributed by atoms with Crippen LogP contribution < -0.4 is 11.1 Å². The SMILES string of the molecule is CC(C)C1(CNCC2(N)CCOCC2)CC1. The minimum Gasteiger partial charge on any atom is -0.381 e. The van der Waals surface area contributed by atoms with Crippen LogP contribution in [0.1, 0.15) is 39.5 Å². The second-order valence-corrected chi connectivity index (χ2v) is 6.10. The van der Waals surface area contributed by atoms with E-state index < -0.39 is 0 Å². The summed E-state index contributed by atoms with van der Waals surface area (Å²) in [6.45, 7) is 8.42. The molecule has 0 atom stereocenters. The molecule has 0 aromatic heterocycles. The maximum absolute atomic E-state index is 6.34. The van der Waals surface area contributed by atoms with Gasteiger partial charge in [0.2, 0.25) is 0 Å². The summed E-state index contributed by atoms with van der Waals surface area (Å²) in [5, 5.41) is 3.60. The maximum Gasteiger partial charge on any atom is 0.0484 e. The Hall–Kier alpha value is -0.120. The van der Waals surface area contributed by atoms with E-state index in [2.05, 4.69) is 19.2 Å². The Labute approximate surface area is 99.1 Å². The molecule has 16 heavy (non-hydrogen) atoms. The summed E-state index contributed by atoms with van der Waals surface area (Å²) >= 11 is 0. The number of hydrogen-bond donors (Lipinski definition) is 2. The zero-order valence-corrected chi connectivity index (χ0v) is 10.7. The molecule has 2 aliphatic rings. The number of nitrogens with one attached hydrogen (secondary N) is 1. The minimum absolute atomic E-state index is 0.0225. The molecule has 94 valence electrons. The first-order valence-electron chi connectivity index (χ1n) is 6.64.